The number of carbonyl (C=O) groups is 2. The molecule has 3 aromatic carbocycles. The number of allylic oxidation sites excluding steroid dienone is 10. The minimum atomic E-state index is -0.245. The molecule has 12 nitrogen and oxygen atoms in total. The Labute approximate surface area is 674 Å². The number of aliphatic imine (C=N–C) groups is 1. The van der Waals surface area contributed by atoms with Crippen molar-refractivity contribution in [1.82, 2.24) is 5.43 Å². The first-order chi connectivity index (χ1) is 51.1. The Morgan fingerprint density at radius 2 is 0.806 bits per heavy atom. The number of nitroso groups, excluding NO2 is 1. The van der Waals surface area contributed by atoms with Gasteiger partial charge in [-0.05, 0) is 232 Å². The lowest BCUT2D eigenvalue weighted by Crippen LogP contribution is -2.37. The third kappa shape index (κ3) is 125. The van der Waals surface area contributed by atoms with Gasteiger partial charge in [0.15, 0.2) is 19.0 Å². The molecule has 2 N–H and O–H groups in total. The van der Waals surface area contributed by atoms with E-state index in [-0.39, 0.29) is 11.8 Å². The molecular weight excluding hydrogens is 1330 g/mol. The molecule has 0 amide bonds. The number of nitriles is 1. The van der Waals surface area contributed by atoms with Crippen LogP contribution in [0.5, 0.6) is 0 Å². The summed E-state index contributed by atoms with van der Waals surface area (Å²) < 4.78 is 5.11. The number of fused-ring (bicyclic) bond motifs is 3. The van der Waals surface area contributed by atoms with E-state index in [0.717, 1.165) is 38.9 Å². The lowest BCUT2D eigenvalue weighted by Gasteiger charge is -2.50. The summed E-state index contributed by atoms with van der Waals surface area (Å²) in [6.45, 7) is 72.5. The monoisotopic (exact) mass is 1510 g/mol. The van der Waals surface area contributed by atoms with Crippen molar-refractivity contribution in [3.63, 3.8) is 0 Å². The second-order valence-corrected chi connectivity index (χ2v) is 25.2. The van der Waals surface area contributed by atoms with Gasteiger partial charge in [0.1, 0.15) is 4.87 Å². The van der Waals surface area contributed by atoms with Crippen molar-refractivity contribution in [3.8, 4) is 29.0 Å². The zero-order valence-electron chi connectivity index (χ0n) is 79.3. The number of hydrogen-bond donors (Lipinski definition) is 2. The van der Waals surface area contributed by atoms with Gasteiger partial charge in [-0.1, -0.05) is 286 Å². The molecule has 4 saturated carbocycles. The fraction of sp³-hybridized carbons (Fsp3) is 0.635. The minimum Gasteiger partial charge on any atom is -0.469 e. The summed E-state index contributed by atoms with van der Waals surface area (Å²) >= 11 is 0. The summed E-state index contributed by atoms with van der Waals surface area (Å²) in [5, 5.41) is 22.9. The summed E-state index contributed by atoms with van der Waals surface area (Å²) in [5.74, 6) is 8.21. The van der Waals surface area contributed by atoms with Crippen molar-refractivity contribution in [1.29, 1.82) is 5.26 Å². The Morgan fingerprint density at radius 3 is 0.917 bits per heavy atom. The number of methoxy groups -OCH3 is 1. The van der Waals surface area contributed by atoms with Crippen LogP contribution < -0.4 is 5.43 Å². The van der Waals surface area contributed by atoms with E-state index in [9.17, 15) is 14.5 Å². The van der Waals surface area contributed by atoms with Gasteiger partial charge in [-0.25, -0.2) is 0 Å². The van der Waals surface area contributed by atoms with Crippen molar-refractivity contribution < 1.29 is 29.1 Å². The van der Waals surface area contributed by atoms with E-state index in [1.54, 1.807) is 79.2 Å². The topological polar surface area (TPSA) is 160 Å². The van der Waals surface area contributed by atoms with Gasteiger partial charge >= 0.3 is 5.97 Å². The maximum Gasteiger partial charge on any atom is 0.302 e. The van der Waals surface area contributed by atoms with Crippen molar-refractivity contribution in [3.05, 3.63) is 159 Å². The van der Waals surface area contributed by atoms with Crippen molar-refractivity contribution in [2.24, 2.45) is 43.8 Å². The predicted octanol–water partition coefficient (Wildman–Crippen LogP) is 29.8. The summed E-state index contributed by atoms with van der Waals surface area (Å²) in [6, 6.07) is 27.7. The molecule has 2 bridgehead atoms. The van der Waals surface area contributed by atoms with Crippen LogP contribution in [0.4, 0.5) is 0 Å². The highest BCUT2D eigenvalue weighted by atomic mass is 16.5. The maximum atomic E-state index is 9.96. The first-order valence-corrected chi connectivity index (χ1v) is 40.4. The zero-order chi connectivity index (χ0) is 87.9. The molecule has 3 aromatic rings. The largest absolute Gasteiger partial charge is 0.469 e. The molecule has 1 unspecified atom stereocenters. The van der Waals surface area contributed by atoms with Gasteiger partial charge in [-0.3, -0.25) is 14.8 Å². The number of ketones is 1. The van der Waals surface area contributed by atoms with Crippen molar-refractivity contribution in [2.75, 3.05) is 49.4 Å². The SMILES string of the molecule is CC.CC.CC.CC.CC.CC.CC#CC.CC12CCC(C)(CC1)CC2.CC1=CCC(C)CC1.CC1CCC(C)CC1.CC=C(C)C.CC=C(C)C#N.CC=CC.CC=CC(C)=O.CC=NC.CC=[N+](C)O.CN=NC.CN[N+](C)=O.COC(C)=O.Cc1ccc(-c2ccc(C)cc2)cc1.Cc1ccc(C)cc1. The molecule has 1 atom stereocenters. The van der Waals surface area contributed by atoms with E-state index in [1.807, 2.05) is 157 Å². The number of rotatable bonds is 3. The number of hydroxylamine groups is 1. The fourth-order valence-corrected chi connectivity index (χ4v) is 7.51. The highest BCUT2D eigenvalue weighted by molar-refractivity contribution is 5.87. The quantitative estimate of drug-likeness (QED) is 0.0252. The minimum absolute atomic E-state index is 0.109. The van der Waals surface area contributed by atoms with Gasteiger partial charge in [0, 0.05) is 40.6 Å². The van der Waals surface area contributed by atoms with Crippen molar-refractivity contribution in [2.45, 2.75) is 333 Å². The molecule has 0 aromatic heterocycles. The van der Waals surface area contributed by atoms with Crippen molar-refractivity contribution >= 4 is 24.2 Å². The van der Waals surface area contributed by atoms with Gasteiger partial charge < -0.3 is 9.73 Å². The second-order valence-electron chi connectivity index (χ2n) is 25.2. The molecule has 8 rings (SSSR count). The van der Waals surface area contributed by atoms with E-state index in [0.29, 0.717) is 4.87 Å². The number of ether oxygens (including phenoxy) is 1. The van der Waals surface area contributed by atoms with Crippen LogP contribution in [0.1, 0.15) is 327 Å². The highest BCUT2D eigenvalue weighted by Crippen LogP contribution is 2.56. The Hall–Kier alpha value is -7.31. The lowest BCUT2D eigenvalue weighted by molar-refractivity contribution is -0.751. The average Bonchev–Trinajstić information content (AvgIpc) is 0.786. The number of hydrazine groups is 1. The molecule has 0 saturated heterocycles. The summed E-state index contributed by atoms with van der Waals surface area (Å²) in [4.78, 5) is 33.4. The standard InChI is InChI=1S/C14H14.C10H18.C8H16.C8H14.C8H10.C5H7N.C5H8O.C5H10.C4H8.C4H6.C3H8NO.C3H7N.C3H6O2.C2H7N2O.C2H6N2.6C2H6/c1-11-3-7-13(8-4-11)14-9-5-12(2)6-10-14;1-9-3-6-10(2,7-4-9)8-5-9;3*1-7-3-5-8(2)6-4-7;1-3-5(2)4-6;1-3-4-5(2)6;1-4-5(2)3;2*1-3-4-2;1-3-4(2)5;1-3-4-2;1-3(4)5-2;1-3-4(2)5;1-3-4-2;6*1-2/h3-10H,1-2H3;3-8H2,1-2H3;7-8H,3-6H2,1-2H3;3,8H,4-6H2,1-2H3;3-6H,1-2H3;3H,1-2H3;3-4H,1-2H3;4H,1-3H3;3-4H,1-2H3;1-2H3;3,5H,1-2H3;3H,1-2H3;1-2H3;1-2H3,(H,3,5);1-2H3;6*1-2H3/q;;;;;;;;;;+1;;;+1;;;;;;;. The highest BCUT2D eigenvalue weighted by Gasteiger charge is 2.43. The third-order valence-electron chi connectivity index (χ3n) is 15.5. The van der Waals surface area contributed by atoms with E-state index in [4.69, 9.17) is 10.5 Å². The molecule has 108 heavy (non-hydrogen) atoms. The number of azo groups is 1. The summed E-state index contributed by atoms with van der Waals surface area (Å²) in [5.41, 5.74) is 15.4. The summed E-state index contributed by atoms with van der Waals surface area (Å²) in [7, 11) is 10.9. The molecule has 12 heteroatoms. The first kappa shape index (κ1) is 133. The molecule has 0 radical (unpaired) electrons. The first-order valence-electron chi connectivity index (χ1n) is 40.4. The normalized spacial score (nSPS) is 16.2. The van der Waals surface area contributed by atoms with Crippen LogP contribution in [0.2, 0.25) is 0 Å². The number of carbonyl (C=O) groups excluding carboxylic acids is 2. The molecular formula is C96H181N7O5+2. The molecule has 0 aliphatic heterocycles. The van der Waals surface area contributed by atoms with Crippen LogP contribution >= 0.6 is 0 Å². The lowest BCUT2D eigenvalue weighted by atomic mass is 9.55. The zero-order valence-corrected chi connectivity index (χ0v) is 79.3. The van der Waals surface area contributed by atoms with Crippen LogP contribution in [0.3, 0.4) is 0 Å². The third-order valence-corrected chi connectivity index (χ3v) is 15.5. The molecule has 0 heterocycles. The van der Waals surface area contributed by atoms with E-state index in [1.165, 1.54) is 157 Å². The summed E-state index contributed by atoms with van der Waals surface area (Å²) in [6.07, 6.45) is 35.8. The second kappa shape index (κ2) is 108. The Balaban J connectivity index is -0.0000000734. The molecule has 5 aliphatic carbocycles. The predicted molar refractivity (Wildman–Crippen MR) is 491 cm³/mol. The number of nitrogens with zero attached hydrogens (tertiary/aromatic N) is 6. The number of benzene rings is 3. The Kier molecular flexibility index (Phi) is 134. The molecule has 628 valence electrons. The smallest absolute Gasteiger partial charge is 0.302 e. The van der Waals surface area contributed by atoms with Gasteiger partial charge in [-0.15, -0.1) is 11.8 Å². The van der Waals surface area contributed by atoms with Gasteiger partial charge in [-0.2, -0.15) is 20.9 Å². The van der Waals surface area contributed by atoms with Crippen LogP contribution in [-0.4, -0.2) is 88.4 Å². The Bertz CT molecular complexity index is 2490. The van der Waals surface area contributed by atoms with E-state index in [2.05, 4.69) is 205 Å². The molecule has 0 spiro atoms. The van der Waals surface area contributed by atoms with Gasteiger partial charge in [0.2, 0.25) is 7.05 Å². The fourth-order valence-electron chi connectivity index (χ4n) is 7.51. The maximum absolute atomic E-state index is 9.96. The number of esters is 1. The van der Waals surface area contributed by atoms with Crippen LogP contribution in [0, 0.1) is 84.4 Å². The van der Waals surface area contributed by atoms with Crippen LogP contribution in [-0.2, 0) is 14.3 Å². The number of hydrogen-bond acceptors (Lipinski definition) is 9. The van der Waals surface area contributed by atoms with Crippen LogP contribution in [0.25, 0.3) is 11.1 Å². The Morgan fingerprint density at radius 1 is 0.546 bits per heavy atom. The molecule has 5 aliphatic rings. The van der Waals surface area contributed by atoms with E-state index >= 15 is 0 Å². The van der Waals surface area contributed by atoms with E-state index < -0.39 is 0 Å². The number of nitrogens with one attached hydrogen (secondary N) is 1. The molecule has 4 fully saturated rings. The van der Waals surface area contributed by atoms with Gasteiger partial charge in [0.05, 0.1) is 25.1 Å². The van der Waals surface area contributed by atoms with Crippen LogP contribution in [0.15, 0.2) is 147 Å². The average molecular weight is 1510 g/mol. The number of aryl methyl sites for hydroxylation is 4. The van der Waals surface area contributed by atoms with Gasteiger partial charge in [0.25, 0.3) is 0 Å².